The van der Waals surface area contributed by atoms with Gasteiger partial charge in [0, 0.05) is 5.56 Å². The molecule has 1 aliphatic heterocycles. The van der Waals surface area contributed by atoms with Crippen LogP contribution in [0, 0.1) is 0 Å². The minimum Gasteiger partial charge on any atom is -0.485 e. The molecule has 0 saturated carbocycles. The lowest BCUT2D eigenvalue weighted by Crippen LogP contribution is -2.30. The summed E-state index contributed by atoms with van der Waals surface area (Å²) in [6, 6.07) is 4.73. The molecule has 0 radical (unpaired) electrons. The molecular formula is C12H14N2O3. The van der Waals surface area contributed by atoms with Crippen molar-refractivity contribution in [2.45, 2.75) is 25.9 Å². The average molecular weight is 234 g/mol. The van der Waals surface area contributed by atoms with Crippen LogP contribution in [-0.4, -0.2) is 17.4 Å². The van der Waals surface area contributed by atoms with Gasteiger partial charge in [-0.25, -0.2) is 0 Å². The van der Waals surface area contributed by atoms with E-state index in [1.807, 2.05) is 13.8 Å². The van der Waals surface area contributed by atoms with Gasteiger partial charge in [-0.05, 0) is 32.0 Å². The van der Waals surface area contributed by atoms with E-state index in [-0.39, 0.29) is 12.3 Å². The van der Waals surface area contributed by atoms with Gasteiger partial charge in [0.15, 0.2) is 0 Å². The number of rotatable bonds is 1. The fraction of sp³-hybridized carbons (Fsp3) is 0.333. The Labute approximate surface area is 98.9 Å². The van der Waals surface area contributed by atoms with E-state index in [0.29, 0.717) is 17.0 Å². The van der Waals surface area contributed by atoms with Crippen molar-refractivity contribution >= 4 is 17.5 Å². The molecule has 0 unspecified atom stereocenters. The molecule has 0 aromatic heterocycles. The van der Waals surface area contributed by atoms with E-state index in [0.717, 1.165) is 0 Å². The molecular weight excluding hydrogens is 220 g/mol. The Morgan fingerprint density at radius 1 is 1.47 bits per heavy atom. The Morgan fingerprint density at radius 2 is 2.18 bits per heavy atom. The minimum absolute atomic E-state index is 0.111. The highest BCUT2D eigenvalue weighted by Gasteiger charge is 2.29. The van der Waals surface area contributed by atoms with E-state index in [4.69, 9.17) is 10.5 Å². The van der Waals surface area contributed by atoms with Gasteiger partial charge in [0.1, 0.15) is 11.4 Å². The zero-order valence-electron chi connectivity index (χ0n) is 9.74. The van der Waals surface area contributed by atoms with Crippen molar-refractivity contribution in [3.8, 4) is 5.75 Å². The molecule has 1 aliphatic rings. The van der Waals surface area contributed by atoms with Crippen LogP contribution in [-0.2, 0) is 4.79 Å². The number of nitrogens with two attached hydrogens (primary N) is 1. The molecule has 0 aliphatic carbocycles. The molecule has 1 aromatic rings. The monoisotopic (exact) mass is 234 g/mol. The summed E-state index contributed by atoms with van der Waals surface area (Å²) >= 11 is 0. The Hall–Kier alpha value is -2.04. The summed E-state index contributed by atoms with van der Waals surface area (Å²) < 4.78 is 5.71. The summed E-state index contributed by atoms with van der Waals surface area (Å²) in [5, 5.41) is 2.73. The van der Waals surface area contributed by atoms with Crippen molar-refractivity contribution < 1.29 is 14.3 Å². The fourth-order valence-corrected chi connectivity index (χ4v) is 1.78. The van der Waals surface area contributed by atoms with Gasteiger partial charge in [-0.2, -0.15) is 0 Å². The van der Waals surface area contributed by atoms with E-state index in [2.05, 4.69) is 5.32 Å². The minimum atomic E-state index is -0.606. The third-order valence-corrected chi connectivity index (χ3v) is 2.51. The lowest BCUT2D eigenvalue weighted by molar-refractivity contribution is -0.118. The Morgan fingerprint density at radius 3 is 2.82 bits per heavy atom. The maximum absolute atomic E-state index is 11.6. The molecule has 17 heavy (non-hydrogen) atoms. The highest BCUT2D eigenvalue weighted by molar-refractivity contribution is 5.97. The molecule has 0 bridgehead atoms. The zero-order chi connectivity index (χ0) is 12.6. The number of carbonyl (C=O) groups excluding carboxylic acids is 2. The highest BCUT2D eigenvalue weighted by Crippen LogP contribution is 2.33. The summed E-state index contributed by atoms with van der Waals surface area (Å²) in [6.45, 7) is 3.64. The number of hydrogen-bond acceptors (Lipinski definition) is 3. The number of hydrogen-bond donors (Lipinski definition) is 2. The van der Waals surface area contributed by atoms with E-state index >= 15 is 0 Å². The van der Waals surface area contributed by atoms with Crippen LogP contribution in [0.2, 0.25) is 0 Å². The molecule has 5 heteroatoms. The largest absolute Gasteiger partial charge is 0.485 e. The van der Waals surface area contributed by atoms with Crippen LogP contribution in [0.25, 0.3) is 0 Å². The summed E-state index contributed by atoms with van der Waals surface area (Å²) in [4.78, 5) is 22.7. The molecule has 5 nitrogen and oxygen atoms in total. The summed E-state index contributed by atoms with van der Waals surface area (Å²) in [7, 11) is 0. The van der Waals surface area contributed by atoms with Crippen LogP contribution in [0.4, 0.5) is 5.69 Å². The first-order valence-corrected chi connectivity index (χ1v) is 5.30. The van der Waals surface area contributed by atoms with Gasteiger partial charge >= 0.3 is 0 Å². The maximum Gasteiger partial charge on any atom is 0.248 e. The number of fused-ring (bicyclic) bond motifs is 1. The van der Waals surface area contributed by atoms with Gasteiger partial charge in [-0.15, -0.1) is 0 Å². The SMILES string of the molecule is CC1(C)CC(=O)Nc2ccc(C(N)=O)cc2O1. The summed E-state index contributed by atoms with van der Waals surface area (Å²) in [6.07, 6.45) is 0.258. The molecule has 0 fully saturated rings. The van der Waals surface area contributed by atoms with E-state index in [9.17, 15) is 9.59 Å². The molecule has 0 saturated heterocycles. The van der Waals surface area contributed by atoms with Gasteiger partial charge in [-0.1, -0.05) is 0 Å². The molecule has 3 N–H and O–H groups in total. The van der Waals surface area contributed by atoms with Gasteiger partial charge in [0.25, 0.3) is 0 Å². The number of anilines is 1. The van der Waals surface area contributed by atoms with Gasteiger partial charge in [0.05, 0.1) is 12.1 Å². The van der Waals surface area contributed by atoms with Crippen LogP contribution < -0.4 is 15.8 Å². The van der Waals surface area contributed by atoms with Crippen molar-refractivity contribution in [3.05, 3.63) is 23.8 Å². The van der Waals surface area contributed by atoms with Crippen molar-refractivity contribution in [1.29, 1.82) is 0 Å². The third-order valence-electron chi connectivity index (χ3n) is 2.51. The lowest BCUT2D eigenvalue weighted by atomic mass is 10.1. The van der Waals surface area contributed by atoms with E-state index in [1.54, 1.807) is 18.2 Å². The van der Waals surface area contributed by atoms with Crippen molar-refractivity contribution in [2.24, 2.45) is 5.73 Å². The van der Waals surface area contributed by atoms with Crippen LogP contribution in [0.5, 0.6) is 5.75 Å². The van der Waals surface area contributed by atoms with Gasteiger partial charge in [0.2, 0.25) is 11.8 Å². The Bertz CT molecular complexity index is 495. The van der Waals surface area contributed by atoms with Crippen LogP contribution in [0.3, 0.4) is 0 Å². The first-order valence-electron chi connectivity index (χ1n) is 5.30. The number of benzene rings is 1. The van der Waals surface area contributed by atoms with Crippen molar-refractivity contribution in [2.75, 3.05) is 5.32 Å². The van der Waals surface area contributed by atoms with Crippen molar-refractivity contribution in [3.63, 3.8) is 0 Å². The number of carbonyl (C=O) groups is 2. The van der Waals surface area contributed by atoms with E-state index in [1.165, 1.54) is 0 Å². The predicted molar refractivity (Wildman–Crippen MR) is 62.9 cm³/mol. The molecule has 1 heterocycles. The highest BCUT2D eigenvalue weighted by atomic mass is 16.5. The fourth-order valence-electron chi connectivity index (χ4n) is 1.78. The first kappa shape index (κ1) is 11.4. The summed E-state index contributed by atoms with van der Waals surface area (Å²) in [5.41, 5.74) is 5.51. The second-order valence-corrected chi connectivity index (χ2v) is 4.66. The van der Waals surface area contributed by atoms with Gasteiger partial charge < -0.3 is 15.8 Å². The molecule has 0 atom stereocenters. The van der Waals surface area contributed by atoms with Crippen molar-refractivity contribution in [1.82, 2.24) is 0 Å². The Balaban J connectivity index is 2.47. The predicted octanol–water partition coefficient (Wildman–Crippen LogP) is 1.29. The second kappa shape index (κ2) is 3.76. The second-order valence-electron chi connectivity index (χ2n) is 4.66. The number of ether oxygens (including phenoxy) is 1. The lowest BCUT2D eigenvalue weighted by Gasteiger charge is -2.23. The number of amides is 2. The molecule has 0 spiro atoms. The molecule has 90 valence electrons. The number of nitrogens with one attached hydrogen (secondary N) is 1. The zero-order valence-corrected chi connectivity index (χ0v) is 9.74. The smallest absolute Gasteiger partial charge is 0.248 e. The first-order chi connectivity index (χ1) is 7.87. The molecule has 2 amide bonds. The standard InChI is InChI=1S/C12H14N2O3/c1-12(2)6-10(15)14-8-4-3-7(11(13)16)5-9(8)17-12/h3-5H,6H2,1-2H3,(H2,13,16)(H,14,15). The summed E-state index contributed by atoms with van der Waals surface area (Å²) in [5.74, 6) is -0.164. The normalized spacial score (nSPS) is 17.4. The molecule has 1 aromatic carbocycles. The van der Waals surface area contributed by atoms with Gasteiger partial charge in [-0.3, -0.25) is 9.59 Å². The topological polar surface area (TPSA) is 81.4 Å². The maximum atomic E-state index is 11.6. The van der Waals surface area contributed by atoms with E-state index < -0.39 is 11.5 Å². The number of primary amides is 1. The van der Waals surface area contributed by atoms with Crippen LogP contribution in [0.15, 0.2) is 18.2 Å². The Kier molecular flexibility index (Phi) is 2.53. The van der Waals surface area contributed by atoms with Crippen LogP contribution >= 0.6 is 0 Å². The third kappa shape index (κ3) is 2.38. The van der Waals surface area contributed by atoms with Crippen LogP contribution in [0.1, 0.15) is 30.6 Å². The quantitative estimate of drug-likeness (QED) is 0.768. The average Bonchev–Trinajstić information content (AvgIpc) is 2.29. The molecule has 2 rings (SSSR count).